The van der Waals surface area contributed by atoms with E-state index in [1.54, 1.807) is 30.3 Å². The molecule has 1 heterocycles. The second-order valence-corrected chi connectivity index (χ2v) is 5.92. The number of carbonyl (C=O) groups is 1. The molecule has 1 N–H and O–H groups in total. The van der Waals surface area contributed by atoms with Crippen molar-refractivity contribution in [3.8, 4) is 11.8 Å². The van der Waals surface area contributed by atoms with E-state index in [9.17, 15) is 4.79 Å². The first-order chi connectivity index (χ1) is 12.0. The normalized spacial score (nSPS) is 15.3. The Bertz CT molecular complexity index is 899. The van der Waals surface area contributed by atoms with Crippen LogP contribution in [0.3, 0.4) is 0 Å². The highest BCUT2D eigenvalue weighted by atomic mass is 16.5. The number of nitrogens with zero attached hydrogens (tertiary/aromatic N) is 2. The van der Waals surface area contributed by atoms with Crippen molar-refractivity contribution in [2.75, 3.05) is 0 Å². The minimum atomic E-state index is -0.172. The van der Waals surface area contributed by atoms with Gasteiger partial charge in [-0.25, -0.2) is 4.99 Å². The van der Waals surface area contributed by atoms with Crippen LogP contribution in [0.25, 0.3) is 0 Å². The van der Waals surface area contributed by atoms with Crippen LogP contribution in [0.2, 0.25) is 0 Å². The number of nitriles is 1. The van der Waals surface area contributed by atoms with Crippen LogP contribution in [-0.2, 0) is 4.79 Å². The lowest BCUT2D eigenvalue weighted by molar-refractivity contribution is -0.119. The monoisotopic (exact) mass is 331 g/mol. The fourth-order valence-corrected chi connectivity index (χ4v) is 2.60. The third-order valence-electron chi connectivity index (χ3n) is 3.59. The number of ether oxygens (including phenoxy) is 1. The Hall–Kier alpha value is -3.39. The lowest BCUT2D eigenvalue weighted by atomic mass is 10.1. The van der Waals surface area contributed by atoms with Gasteiger partial charge < -0.3 is 10.1 Å². The molecule has 0 radical (unpaired) electrons. The molecule has 5 heteroatoms. The Labute approximate surface area is 146 Å². The highest BCUT2D eigenvalue weighted by molar-refractivity contribution is 6.08. The van der Waals surface area contributed by atoms with Gasteiger partial charge in [-0.15, -0.1) is 0 Å². The number of hydrogen-bond acceptors (Lipinski definition) is 4. The number of nitrogens with one attached hydrogen (secondary N) is 1. The van der Waals surface area contributed by atoms with Crippen molar-refractivity contribution in [2.45, 2.75) is 20.3 Å². The zero-order chi connectivity index (χ0) is 17.8. The largest absolute Gasteiger partial charge is 0.461 e. The van der Waals surface area contributed by atoms with Gasteiger partial charge in [0.05, 0.1) is 23.7 Å². The fraction of sp³-hybridized carbons (Fsp3) is 0.150. The summed E-state index contributed by atoms with van der Waals surface area (Å²) in [5, 5.41) is 11.6. The predicted molar refractivity (Wildman–Crippen MR) is 95.6 cm³/mol. The Morgan fingerprint density at radius 3 is 2.44 bits per heavy atom. The molecule has 0 bridgehead atoms. The van der Waals surface area contributed by atoms with E-state index in [1.165, 1.54) is 0 Å². The topological polar surface area (TPSA) is 74.5 Å². The third kappa shape index (κ3) is 4.33. The first-order valence-electron chi connectivity index (χ1n) is 7.87. The summed E-state index contributed by atoms with van der Waals surface area (Å²) in [6, 6.07) is 14.8. The highest BCUT2D eigenvalue weighted by Crippen LogP contribution is 2.21. The molecular weight excluding hydrogens is 314 g/mol. The van der Waals surface area contributed by atoms with E-state index in [1.807, 2.05) is 26.0 Å². The lowest BCUT2D eigenvalue weighted by Gasteiger charge is -2.17. The lowest BCUT2D eigenvalue weighted by Crippen LogP contribution is -2.34. The molecule has 0 atom stereocenters. The van der Waals surface area contributed by atoms with Crippen LogP contribution in [0, 0.1) is 25.2 Å². The molecule has 0 spiro atoms. The van der Waals surface area contributed by atoms with E-state index >= 15 is 0 Å². The fourth-order valence-electron chi connectivity index (χ4n) is 2.60. The zero-order valence-corrected chi connectivity index (χ0v) is 14.0. The van der Waals surface area contributed by atoms with Gasteiger partial charge in [0.25, 0.3) is 0 Å². The quantitative estimate of drug-likeness (QED) is 0.932. The number of carbonyl (C=O) groups excluding carboxylic acids is 1. The Morgan fingerprint density at radius 2 is 1.80 bits per heavy atom. The minimum Gasteiger partial charge on any atom is -0.461 e. The van der Waals surface area contributed by atoms with Gasteiger partial charge in [0.1, 0.15) is 17.3 Å². The standard InChI is InChI=1S/C20H17N3O2/c1-13-7-14(2)9-17(8-13)25-18-10-19(23-20(24)11-18)22-16-5-3-15(12-21)4-6-16/h3-10H,11H2,1-2H3,(H,22,23,24). The van der Waals surface area contributed by atoms with Crippen LogP contribution in [0.5, 0.6) is 5.75 Å². The average Bonchev–Trinajstić information content (AvgIpc) is 2.54. The van der Waals surface area contributed by atoms with E-state index in [-0.39, 0.29) is 12.3 Å². The smallest absolute Gasteiger partial charge is 0.233 e. The van der Waals surface area contributed by atoms with E-state index in [0.717, 1.165) is 11.1 Å². The number of amidine groups is 1. The number of benzene rings is 2. The minimum absolute atomic E-state index is 0.166. The summed E-state index contributed by atoms with van der Waals surface area (Å²) in [5.74, 6) is 1.49. The van der Waals surface area contributed by atoms with Gasteiger partial charge in [-0.3, -0.25) is 4.79 Å². The van der Waals surface area contributed by atoms with E-state index in [2.05, 4.69) is 22.4 Å². The second kappa shape index (κ2) is 7.02. The molecule has 0 aliphatic carbocycles. The summed E-state index contributed by atoms with van der Waals surface area (Å²) in [6.07, 6.45) is 1.89. The summed E-state index contributed by atoms with van der Waals surface area (Å²) in [7, 11) is 0. The van der Waals surface area contributed by atoms with Gasteiger partial charge in [-0.05, 0) is 61.4 Å². The summed E-state index contributed by atoms with van der Waals surface area (Å²) >= 11 is 0. The predicted octanol–water partition coefficient (Wildman–Crippen LogP) is 3.69. The van der Waals surface area contributed by atoms with Crippen molar-refractivity contribution in [3.63, 3.8) is 0 Å². The number of hydrogen-bond donors (Lipinski definition) is 1. The Morgan fingerprint density at radius 1 is 1.12 bits per heavy atom. The maximum atomic E-state index is 11.9. The molecule has 25 heavy (non-hydrogen) atoms. The van der Waals surface area contributed by atoms with Crippen molar-refractivity contribution in [2.24, 2.45) is 4.99 Å². The number of aryl methyl sites for hydroxylation is 2. The van der Waals surface area contributed by atoms with E-state index in [4.69, 9.17) is 10.00 Å². The molecule has 124 valence electrons. The van der Waals surface area contributed by atoms with Crippen LogP contribution in [0.4, 0.5) is 5.69 Å². The van der Waals surface area contributed by atoms with Crippen LogP contribution < -0.4 is 10.1 Å². The molecular formula is C20H17N3O2. The summed E-state index contributed by atoms with van der Waals surface area (Å²) in [6.45, 7) is 4.00. The molecule has 1 amide bonds. The molecule has 0 aromatic heterocycles. The second-order valence-electron chi connectivity index (χ2n) is 5.92. The maximum Gasteiger partial charge on any atom is 0.233 e. The molecule has 0 saturated heterocycles. The first kappa shape index (κ1) is 16.5. The maximum absolute atomic E-state index is 11.9. The van der Waals surface area contributed by atoms with Crippen LogP contribution in [0.15, 0.2) is 59.3 Å². The molecule has 1 aliphatic heterocycles. The third-order valence-corrected chi connectivity index (χ3v) is 3.59. The molecule has 3 rings (SSSR count). The van der Waals surface area contributed by atoms with E-state index < -0.39 is 0 Å². The number of amides is 1. The zero-order valence-electron chi connectivity index (χ0n) is 14.0. The SMILES string of the molecule is Cc1cc(C)cc(OC2=CC(=Nc3ccc(C#N)cc3)NC(=O)C2)c1. The van der Waals surface area contributed by atoms with Crippen LogP contribution in [-0.4, -0.2) is 11.7 Å². The van der Waals surface area contributed by atoms with Gasteiger partial charge >= 0.3 is 0 Å². The summed E-state index contributed by atoms with van der Waals surface area (Å²) in [5.41, 5.74) is 3.41. The number of aliphatic imine (C=N–C) groups is 1. The summed E-state index contributed by atoms with van der Waals surface area (Å²) < 4.78 is 5.87. The molecule has 5 nitrogen and oxygen atoms in total. The molecule has 1 aliphatic rings. The van der Waals surface area contributed by atoms with Crippen molar-refractivity contribution in [1.29, 1.82) is 5.26 Å². The van der Waals surface area contributed by atoms with Gasteiger partial charge in [0.15, 0.2) is 0 Å². The van der Waals surface area contributed by atoms with Gasteiger partial charge in [-0.2, -0.15) is 5.26 Å². The van der Waals surface area contributed by atoms with Crippen LogP contribution >= 0.6 is 0 Å². The van der Waals surface area contributed by atoms with Crippen molar-refractivity contribution in [3.05, 3.63) is 71.0 Å². The van der Waals surface area contributed by atoms with Crippen molar-refractivity contribution in [1.82, 2.24) is 5.32 Å². The van der Waals surface area contributed by atoms with Crippen molar-refractivity contribution < 1.29 is 9.53 Å². The Balaban J connectivity index is 1.85. The average molecular weight is 331 g/mol. The Kier molecular flexibility index (Phi) is 4.62. The van der Waals surface area contributed by atoms with Gasteiger partial charge in [0, 0.05) is 6.08 Å². The van der Waals surface area contributed by atoms with Gasteiger partial charge in [0.2, 0.25) is 5.91 Å². The molecule has 2 aromatic carbocycles. The highest BCUT2D eigenvalue weighted by Gasteiger charge is 2.17. The number of rotatable bonds is 3. The molecule has 0 unspecified atom stereocenters. The van der Waals surface area contributed by atoms with E-state index in [0.29, 0.717) is 28.6 Å². The van der Waals surface area contributed by atoms with Gasteiger partial charge in [-0.1, -0.05) is 6.07 Å². The van der Waals surface area contributed by atoms with Crippen molar-refractivity contribution >= 4 is 17.4 Å². The summed E-state index contributed by atoms with van der Waals surface area (Å²) in [4.78, 5) is 16.3. The first-order valence-corrected chi connectivity index (χ1v) is 7.87. The molecule has 0 fully saturated rings. The van der Waals surface area contributed by atoms with Crippen LogP contribution in [0.1, 0.15) is 23.1 Å². The molecule has 2 aromatic rings. The molecule has 0 saturated carbocycles.